The van der Waals surface area contributed by atoms with E-state index in [0.717, 1.165) is 122 Å². The molecule has 6 heteroatoms. The minimum Gasteiger partial charge on any atom is -0.462 e. The number of carbonyl (C=O) groups is 3. The highest BCUT2D eigenvalue weighted by molar-refractivity contribution is 5.71. The van der Waals surface area contributed by atoms with Crippen molar-refractivity contribution in [2.45, 2.75) is 219 Å². The van der Waals surface area contributed by atoms with Gasteiger partial charge < -0.3 is 14.2 Å². The molecular formula is C65H100O6. The van der Waals surface area contributed by atoms with Gasteiger partial charge in [0.25, 0.3) is 0 Å². The Morgan fingerprint density at radius 3 is 0.915 bits per heavy atom. The van der Waals surface area contributed by atoms with Crippen molar-refractivity contribution in [3.63, 3.8) is 0 Å². The molecule has 0 aliphatic rings. The summed E-state index contributed by atoms with van der Waals surface area (Å²) in [5, 5.41) is 0. The summed E-state index contributed by atoms with van der Waals surface area (Å²) in [5.41, 5.74) is 0. The summed E-state index contributed by atoms with van der Waals surface area (Å²) in [7, 11) is 0. The predicted octanol–water partition coefficient (Wildman–Crippen LogP) is 19.0. The van der Waals surface area contributed by atoms with Crippen molar-refractivity contribution in [1.29, 1.82) is 0 Å². The molecule has 0 saturated heterocycles. The average Bonchev–Trinajstić information content (AvgIpc) is 3.37. The van der Waals surface area contributed by atoms with Crippen LogP contribution in [0.3, 0.4) is 0 Å². The van der Waals surface area contributed by atoms with Gasteiger partial charge in [-0.05, 0) is 135 Å². The molecule has 0 aliphatic heterocycles. The molecule has 1 atom stereocenters. The maximum Gasteiger partial charge on any atom is 0.306 e. The van der Waals surface area contributed by atoms with Crippen LogP contribution in [-0.2, 0) is 28.6 Å². The monoisotopic (exact) mass is 977 g/mol. The third-order valence-electron chi connectivity index (χ3n) is 11.0. The Bertz CT molecular complexity index is 1640. The van der Waals surface area contributed by atoms with Crippen LogP contribution in [0.2, 0.25) is 0 Å². The minimum absolute atomic E-state index is 0.133. The van der Waals surface area contributed by atoms with Gasteiger partial charge in [-0.15, -0.1) is 0 Å². The molecule has 1 unspecified atom stereocenters. The molecule has 0 aromatic carbocycles. The summed E-state index contributed by atoms with van der Waals surface area (Å²) in [6, 6.07) is 0. The van der Waals surface area contributed by atoms with Crippen molar-refractivity contribution in [1.82, 2.24) is 0 Å². The maximum atomic E-state index is 12.8. The van der Waals surface area contributed by atoms with E-state index in [2.05, 4.69) is 179 Å². The summed E-state index contributed by atoms with van der Waals surface area (Å²) in [6.45, 7) is 6.26. The summed E-state index contributed by atoms with van der Waals surface area (Å²) in [6.07, 6.45) is 83.8. The van der Waals surface area contributed by atoms with Gasteiger partial charge in [-0.1, -0.05) is 217 Å². The van der Waals surface area contributed by atoms with Crippen molar-refractivity contribution in [2.75, 3.05) is 13.2 Å². The highest BCUT2D eigenvalue weighted by Gasteiger charge is 2.19. The van der Waals surface area contributed by atoms with Crippen LogP contribution in [0.4, 0.5) is 0 Å². The first-order valence-electron chi connectivity index (χ1n) is 28.0. The van der Waals surface area contributed by atoms with Crippen LogP contribution in [0.15, 0.2) is 158 Å². The van der Waals surface area contributed by atoms with Gasteiger partial charge in [-0.2, -0.15) is 0 Å². The van der Waals surface area contributed by atoms with Gasteiger partial charge in [0.15, 0.2) is 6.10 Å². The molecule has 0 fully saturated rings. The second-order valence-corrected chi connectivity index (χ2v) is 17.7. The summed E-state index contributed by atoms with van der Waals surface area (Å²) in [5.74, 6) is -1.07. The van der Waals surface area contributed by atoms with Gasteiger partial charge in [0.05, 0.1) is 0 Å². The zero-order chi connectivity index (χ0) is 51.4. The number of rotatable bonds is 48. The Balaban J connectivity index is 4.62. The highest BCUT2D eigenvalue weighted by atomic mass is 16.6. The topological polar surface area (TPSA) is 78.9 Å². The first-order chi connectivity index (χ1) is 35.0. The van der Waals surface area contributed by atoms with E-state index in [4.69, 9.17) is 14.2 Å². The molecule has 0 aliphatic carbocycles. The van der Waals surface area contributed by atoms with Crippen molar-refractivity contribution in [3.05, 3.63) is 158 Å². The SMILES string of the molecule is CC/C=C\C/C=C\C/C=C\C/C=C\C/C=C\CCCC(=O)OC(COC(=O)CCC/C=C\C/C=C\C/C=C\C/C=C\CCCCC)COC(=O)CCCCCCCC/C=C\C/C=C\C/C=C\C/C=C\CC. The minimum atomic E-state index is -0.845. The van der Waals surface area contributed by atoms with Gasteiger partial charge >= 0.3 is 17.9 Å². The predicted molar refractivity (Wildman–Crippen MR) is 306 cm³/mol. The molecular weight excluding hydrogens is 877 g/mol. The summed E-state index contributed by atoms with van der Waals surface area (Å²) in [4.78, 5) is 38.1. The number of esters is 3. The molecule has 0 spiro atoms. The molecule has 6 nitrogen and oxygen atoms in total. The molecule has 71 heavy (non-hydrogen) atoms. The first kappa shape index (κ1) is 66.0. The molecule has 0 bridgehead atoms. The van der Waals surface area contributed by atoms with E-state index < -0.39 is 12.1 Å². The fourth-order valence-corrected chi connectivity index (χ4v) is 6.87. The van der Waals surface area contributed by atoms with Crippen molar-refractivity contribution < 1.29 is 28.6 Å². The Morgan fingerprint density at radius 2 is 0.563 bits per heavy atom. The summed E-state index contributed by atoms with van der Waals surface area (Å²) >= 11 is 0. The Hall–Kier alpha value is -4.97. The number of carbonyl (C=O) groups excluding carboxylic acids is 3. The normalized spacial score (nSPS) is 13.3. The number of allylic oxidation sites excluding steroid dienone is 26. The first-order valence-corrected chi connectivity index (χ1v) is 28.0. The third-order valence-corrected chi connectivity index (χ3v) is 11.0. The molecule has 0 N–H and O–H groups in total. The Labute approximate surface area is 435 Å². The van der Waals surface area contributed by atoms with Crippen LogP contribution in [0.25, 0.3) is 0 Å². The number of unbranched alkanes of at least 4 members (excludes halogenated alkanes) is 11. The number of ether oxygens (including phenoxy) is 3. The smallest absolute Gasteiger partial charge is 0.306 e. The van der Waals surface area contributed by atoms with E-state index in [1.165, 1.54) is 38.5 Å². The van der Waals surface area contributed by atoms with E-state index in [9.17, 15) is 14.4 Å². The second kappa shape index (κ2) is 57.6. The summed E-state index contributed by atoms with van der Waals surface area (Å²) < 4.78 is 16.7. The van der Waals surface area contributed by atoms with Gasteiger partial charge in [-0.3, -0.25) is 14.4 Å². The van der Waals surface area contributed by atoms with Crippen molar-refractivity contribution in [2.24, 2.45) is 0 Å². The van der Waals surface area contributed by atoms with Crippen LogP contribution >= 0.6 is 0 Å². The van der Waals surface area contributed by atoms with E-state index in [1.807, 2.05) is 0 Å². The average molecular weight is 978 g/mol. The lowest BCUT2D eigenvalue weighted by molar-refractivity contribution is -0.167. The van der Waals surface area contributed by atoms with Crippen LogP contribution in [0.1, 0.15) is 213 Å². The zero-order valence-electron chi connectivity index (χ0n) is 45.2. The molecule has 0 radical (unpaired) electrons. The third kappa shape index (κ3) is 55.8. The maximum absolute atomic E-state index is 12.8. The fraction of sp³-hybridized carbons (Fsp3) is 0.554. The Kier molecular flexibility index (Phi) is 53.6. The standard InChI is InChI=1S/C65H100O6/c1-4-7-10-13-16-19-22-25-28-31-32-35-37-40-43-46-49-52-55-58-64(67)70-61-62(71-65(68)59-56-53-50-47-44-41-38-34-30-27-24-21-18-15-12-9-6-3)60-69-63(66)57-54-51-48-45-42-39-36-33-29-26-23-20-17-14-11-8-5-2/h7,9-10,12,16-21,25-30,32,35-36,38-39,41,45,47-48,50,62H,4-6,8,11,13-15,22-24,31,33-34,37,40,42-44,46,49,51-61H2,1-3H3/b10-7-,12-9-,19-16-,20-17-,21-18-,28-25-,29-26-,30-27-,35-32-,39-36-,41-38-,48-45-,50-47-. The van der Waals surface area contributed by atoms with Crippen LogP contribution in [0.5, 0.6) is 0 Å². The van der Waals surface area contributed by atoms with E-state index in [0.29, 0.717) is 19.3 Å². The number of hydrogen-bond acceptors (Lipinski definition) is 6. The quantitative estimate of drug-likeness (QED) is 0.0262. The van der Waals surface area contributed by atoms with Crippen LogP contribution < -0.4 is 0 Å². The largest absolute Gasteiger partial charge is 0.462 e. The van der Waals surface area contributed by atoms with E-state index in [-0.39, 0.29) is 38.0 Å². The van der Waals surface area contributed by atoms with Crippen LogP contribution in [0, 0.1) is 0 Å². The van der Waals surface area contributed by atoms with Crippen LogP contribution in [-0.4, -0.2) is 37.2 Å². The van der Waals surface area contributed by atoms with Crippen molar-refractivity contribution in [3.8, 4) is 0 Å². The van der Waals surface area contributed by atoms with Gasteiger partial charge in [0.2, 0.25) is 0 Å². The van der Waals surface area contributed by atoms with E-state index >= 15 is 0 Å². The van der Waals surface area contributed by atoms with Gasteiger partial charge in [-0.25, -0.2) is 0 Å². The zero-order valence-corrected chi connectivity index (χ0v) is 45.2. The number of hydrogen-bond donors (Lipinski definition) is 0. The lowest BCUT2D eigenvalue weighted by Crippen LogP contribution is -2.30. The Morgan fingerprint density at radius 1 is 0.296 bits per heavy atom. The lowest BCUT2D eigenvalue weighted by atomic mass is 10.1. The fourth-order valence-electron chi connectivity index (χ4n) is 6.87. The molecule has 0 aromatic heterocycles. The molecule has 0 aromatic rings. The molecule has 0 amide bonds. The second-order valence-electron chi connectivity index (χ2n) is 17.7. The lowest BCUT2D eigenvalue weighted by Gasteiger charge is -2.18. The molecule has 396 valence electrons. The molecule has 0 saturated carbocycles. The van der Waals surface area contributed by atoms with Crippen molar-refractivity contribution >= 4 is 17.9 Å². The highest BCUT2D eigenvalue weighted by Crippen LogP contribution is 2.12. The van der Waals surface area contributed by atoms with Gasteiger partial charge in [0, 0.05) is 19.3 Å². The molecule has 0 rings (SSSR count). The van der Waals surface area contributed by atoms with E-state index in [1.54, 1.807) is 0 Å². The van der Waals surface area contributed by atoms with Gasteiger partial charge in [0.1, 0.15) is 13.2 Å². The molecule has 0 heterocycles.